The van der Waals surface area contributed by atoms with Gasteiger partial charge in [0.05, 0.1) is 10.9 Å². The highest BCUT2D eigenvalue weighted by molar-refractivity contribution is 6.67. The number of benzene rings is 2. The van der Waals surface area contributed by atoms with Crippen molar-refractivity contribution >= 4 is 27.7 Å². The Kier molecular flexibility index (Phi) is 5.00. The molecule has 5 heteroatoms. The van der Waals surface area contributed by atoms with Crippen LogP contribution in [0.25, 0.3) is 22.4 Å². The SMILES string of the molecule is CCCC(C)c1cc(C(=O)Cl)cc2c(=O)oc(-c3ccccc3)nc12. The van der Waals surface area contributed by atoms with E-state index in [1.807, 2.05) is 30.3 Å². The summed E-state index contributed by atoms with van der Waals surface area (Å²) in [6.45, 7) is 4.14. The summed E-state index contributed by atoms with van der Waals surface area (Å²) in [5.74, 6) is 0.411. The molecule has 0 fully saturated rings. The molecule has 1 unspecified atom stereocenters. The lowest BCUT2D eigenvalue weighted by Crippen LogP contribution is -2.08. The van der Waals surface area contributed by atoms with Gasteiger partial charge in [-0.05, 0) is 53.8 Å². The summed E-state index contributed by atoms with van der Waals surface area (Å²) in [6.07, 6.45) is 1.90. The molecule has 0 N–H and O–H groups in total. The second-order valence-corrected chi connectivity index (χ2v) is 6.44. The minimum atomic E-state index is -0.599. The van der Waals surface area contributed by atoms with E-state index in [4.69, 9.17) is 16.0 Å². The van der Waals surface area contributed by atoms with E-state index in [1.165, 1.54) is 6.07 Å². The molecule has 0 aliphatic rings. The molecule has 128 valence electrons. The monoisotopic (exact) mass is 355 g/mol. The van der Waals surface area contributed by atoms with E-state index < -0.39 is 10.9 Å². The van der Waals surface area contributed by atoms with Crippen LogP contribution < -0.4 is 5.63 Å². The minimum Gasteiger partial charge on any atom is -0.403 e. The molecule has 2 aromatic carbocycles. The Hall–Kier alpha value is -2.46. The van der Waals surface area contributed by atoms with Gasteiger partial charge in [0.25, 0.3) is 5.24 Å². The van der Waals surface area contributed by atoms with E-state index >= 15 is 0 Å². The van der Waals surface area contributed by atoms with Crippen LogP contribution in [-0.4, -0.2) is 10.2 Å². The first-order valence-corrected chi connectivity index (χ1v) is 8.63. The maximum absolute atomic E-state index is 12.5. The molecule has 0 aliphatic carbocycles. The van der Waals surface area contributed by atoms with E-state index in [0.29, 0.717) is 5.52 Å². The fourth-order valence-electron chi connectivity index (χ4n) is 2.99. The van der Waals surface area contributed by atoms with Crippen LogP contribution in [0, 0.1) is 0 Å². The van der Waals surface area contributed by atoms with Crippen molar-refractivity contribution in [2.75, 3.05) is 0 Å². The van der Waals surface area contributed by atoms with Crippen molar-refractivity contribution in [2.24, 2.45) is 0 Å². The minimum absolute atomic E-state index is 0.140. The van der Waals surface area contributed by atoms with Crippen molar-refractivity contribution in [3.8, 4) is 11.5 Å². The second-order valence-electron chi connectivity index (χ2n) is 6.10. The summed E-state index contributed by atoms with van der Waals surface area (Å²) in [5.41, 5.74) is 1.90. The van der Waals surface area contributed by atoms with Gasteiger partial charge in [-0.3, -0.25) is 4.79 Å². The molecule has 1 heterocycles. The Morgan fingerprint density at radius 2 is 1.96 bits per heavy atom. The summed E-state index contributed by atoms with van der Waals surface area (Å²) in [5, 5.41) is -0.317. The van der Waals surface area contributed by atoms with Crippen molar-refractivity contribution < 1.29 is 9.21 Å². The van der Waals surface area contributed by atoms with Gasteiger partial charge < -0.3 is 4.42 Å². The number of carbonyl (C=O) groups is 1. The number of fused-ring (bicyclic) bond motifs is 1. The number of carbonyl (C=O) groups excluding carboxylic acids is 1. The molecule has 1 aromatic heterocycles. The van der Waals surface area contributed by atoms with Crippen molar-refractivity contribution in [1.82, 2.24) is 4.98 Å². The number of rotatable bonds is 5. The van der Waals surface area contributed by atoms with E-state index in [2.05, 4.69) is 18.8 Å². The van der Waals surface area contributed by atoms with Crippen LogP contribution in [0.2, 0.25) is 0 Å². The first-order valence-electron chi connectivity index (χ1n) is 8.25. The molecule has 0 saturated carbocycles. The summed E-state index contributed by atoms with van der Waals surface area (Å²) in [7, 11) is 0. The molecule has 1 atom stereocenters. The smallest absolute Gasteiger partial charge is 0.347 e. The second kappa shape index (κ2) is 7.19. The molecule has 0 radical (unpaired) electrons. The van der Waals surface area contributed by atoms with E-state index in [1.54, 1.807) is 6.07 Å². The molecule has 0 saturated heterocycles. The molecule has 3 rings (SSSR count). The Bertz CT molecular complexity index is 979. The number of hydrogen-bond donors (Lipinski definition) is 0. The third kappa shape index (κ3) is 3.49. The van der Waals surface area contributed by atoms with Crippen LogP contribution in [-0.2, 0) is 0 Å². The number of aromatic nitrogens is 1. The summed E-state index contributed by atoms with van der Waals surface area (Å²) >= 11 is 5.64. The van der Waals surface area contributed by atoms with Gasteiger partial charge >= 0.3 is 5.63 Å². The average molecular weight is 356 g/mol. The third-order valence-corrected chi connectivity index (χ3v) is 4.48. The molecular weight excluding hydrogens is 338 g/mol. The van der Waals surface area contributed by atoms with Gasteiger partial charge in [0.1, 0.15) is 0 Å². The third-order valence-electron chi connectivity index (χ3n) is 4.26. The Balaban J connectivity index is 2.31. The molecule has 0 bridgehead atoms. The molecule has 0 spiro atoms. The molecular formula is C20H18ClNO3. The molecule has 3 aromatic rings. The zero-order chi connectivity index (χ0) is 18.0. The van der Waals surface area contributed by atoms with Gasteiger partial charge in [-0.15, -0.1) is 0 Å². The van der Waals surface area contributed by atoms with Gasteiger partial charge in [-0.1, -0.05) is 38.5 Å². The normalized spacial score (nSPS) is 12.3. The molecule has 25 heavy (non-hydrogen) atoms. The largest absolute Gasteiger partial charge is 0.403 e. The quantitative estimate of drug-likeness (QED) is 0.595. The maximum atomic E-state index is 12.5. The van der Waals surface area contributed by atoms with Crippen molar-refractivity contribution in [2.45, 2.75) is 32.6 Å². The molecule has 0 amide bonds. The predicted octanol–water partition coefficient (Wildman–Crippen LogP) is 5.14. The summed E-state index contributed by atoms with van der Waals surface area (Å²) in [6, 6.07) is 12.5. The maximum Gasteiger partial charge on any atom is 0.347 e. The van der Waals surface area contributed by atoms with Crippen molar-refractivity contribution in [3.63, 3.8) is 0 Å². The van der Waals surface area contributed by atoms with Crippen LogP contribution in [0.1, 0.15) is 48.5 Å². The zero-order valence-corrected chi connectivity index (χ0v) is 14.8. The average Bonchev–Trinajstić information content (AvgIpc) is 2.61. The van der Waals surface area contributed by atoms with Crippen LogP contribution in [0.3, 0.4) is 0 Å². The van der Waals surface area contributed by atoms with Crippen molar-refractivity contribution in [3.05, 3.63) is 64.0 Å². The van der Waals surface area contributed by atoms with Gasteiger partial charge in [0, 0.05) is 11.1 Å². The van der Waals surface area contributed by atoms with E-state index in [-0.39, 0.29) is 22.8 Å². The molecule has 4 nitrogen and oxygen atoms in total. The number of halogens is 1. The van der Waals surface area contributed by atoms with Crippen LogP contribution in [0.15, 0.2) is 51.7 Å². The Morgan fingerprint density at radius 1 is 1.24 bits per heavy atom. The highest BCUT2D eigenvalue weighted by atomic mass is 35.5. The number of hydrogen-bond acceptors (Lipinski definition) is 4. The molecule has 0 aliphatic heterocycles. The van der Waals surface area contributed by atoms with Crippen LogP contribution >= 0.6 is 11.6 Å². The topological polar surface area (TPSA) is 60.2 Å². The summed E-state index contributed by atoms with van der Waals surface area (Å²) in [4.78, 5) is 28.7. The first kappa shape index (κ1) is 17.4. The highest BCUT2D eigenvalue weighted by Gasteiger charge is 2.18. The first-order chi connectivity index (χ1) is 12.0. The highest BCUT2D eigenvalue weighted by Crippen LogP contribution is 2.30. The fraction of sp³-hybridized carbons (Fsp3) is 0.250. The van der Waals surface area contributed by atoms with Crippen LogP contribution in [0.5, 0.6) is 0 Å². The van der Waals surface area contributed by atoms with Gasteiger partial charge in [-0.25, -0.2) is 9.78 Å². The lowest BCUT2D eigenvalue weighted by atomic mass is 9.93. The standard InChI is InChI=1S/C20H18ClNO3/c1-3-7-12(2)15-10-14(18(21)23)11-16-17(15)22-19(25-20(16)24)13-8-5-4-6-9-13/h4-6,8-12H,3,7H2,1-2H3. The van der Waals surface area contributed by atoms with Gasteiger partial charge in [-0.2, -0.15) is 0 Å². The lowest BCUT2D eigenvalue weighted by molar-refractivity contribution is 0.108. The lowest BCUT2D eigenvalue weighted by Gasteiger charge is -2.14. The van der Waals surface area contributed by atoms with E-state index in [9.17, 15) is 9.59 Å². The zero-order valence-electron chi connectivity index (χ0n) is 14.1. The predicted molar refractivity (Wildman–Crippen MR) is 99.2 cm³/mol. The van der Waals surface area contributed by atoms with Gasteiger partial charge in [0.2, 0.25) is 5.89 Å². The Labute approximate surface area is 150 Å². The Morgan fingerprint density at radius 3 is 2.60 bits per heavy atom. The van der Waals surface area contributed by atoms with Crippen molar-refractivity contribution in [1.29, 1.82) is 0 Å². The van der Waals surface area contributed by atoms with Gasteiger partial charge in [0.15, 0.2) is 0 Å². The number of nitrogens with zero attached hydrogens (tertiary/aromatic N) is 1. The summed E-state index contributed by atoms with van der Waals surface area (Å²) < 4.78 is 5.38. The fourth-order valence-corrected chi connectivity index (χ4v) is 3.10. The van der Waals surface area contributed by atoms with Crippen LogP contribution in [0.4, 0.5) is 0 Å². The van der Waals surface area contributed by atoms with E-state index in [0.717, 1.165) is 24.0 Å².